The molecule has 2 N–H and O–H groups in total. The zero-order valence-electron chi connectivity index (χ0n) is 11.9. The number of hydrogen-bond donors (Lipinski definition) is 1. The second-order valence-electron chi connectivity index (χ2n) is 4.61. The van der Waals surface area contributed by atoms with Crippen LogP contribution in [-0.4, -0.2) is 13.1 Å². The minimum absolute atomic E-state index is 0.321. The van der Waals surface area contributed by atoms with Gasteiger partial charge in [-0.25, -0.2) is 4.79 Å². The fourth-order valence-corrected chi connectivity index (χ4v) is 2.37. The lowest BCUT2D eigenvalue weighted by molar-refractivity contribution is 0.0601. The maximum atomic E-state index is 11.7. The number of aryl methyl sites for hydroxylation is 1. The maximum absolute atomic E-state index is 11.7. The average Bonchev–Trinajstić information content (AvgIpc) is 2.47. The number of nitrogens with two attached hydrogens (primary N) is 1. The van der Waals surface area contributed by atoms with Gasteiger partial charge in [-0.05, 0) is 42.3 Å². The van der Waals surface area contributed by atoms with Gasteiger partial charge in [0.2, 0.25) is 0 Å². The molecule has 2 aromatic rings. The summed E-state index contributed by atoms with van der Waals surface area (Å²) in [5.74, 6) is 0.116. The van der Waals surface area contributed by atoms with Crippen LogP contribution in [0, 0.1) is 6.92 Å². The predicted molar refractivity (Wildman–Crippen MR) is 85.4 cm³/mol. The number of ether oxygens (including phenoxy) is 2. The number of rotatable bonds is 4. The van der Waals surface area contributed by atoms with Crippen molar-refractivity contribution in [2.45, 2.75) is 13.5 Å². The first kappa shape index (κ1) is 15.4. The molecule has 0 aliphatic rings. The predicted octanol–water partition coefficient (Wildman–Crippen LogP) is 3.71. The molecule has 0 unspecified atom stereocenters. The normalized spacial score (nSPS) is 10.2. The molecule has 0 radical (unpaired) electrons. The van der Waals surface area contributed by atoms with Gasteiger partial charge in [0.15, 0.2) is 0 Å². The average molecular weight is 350 g/mol. The molecule has 2 rings (SSSR count). The lowest BCUT2D eigenvalue weighted by Gasteiger charge is -2.12. The number of halogens is 1. The van der Waals surface area contributed by atoms with Crippen molar-refractivity contribution < 1.29 is 14.3 Å². The van der Waals surface area contributed by atoms with Crippen LogP contribution in [0.3, 0.4) is 0 Å². The van der Waals surface area contributed by atoms with E-state index in [-0.39, 0.29) is 0 Å². The fraction of sp³-hybridized carbons (Fsp3) is 0.188. The highest BCUT2D eigenvalue weighted by Gasteiger charge is 2.14. The van der Waals surface area contributed by atoms with Crippen LogP contribution in [0.5, 0.6) is 5.75 Å². The summed E-state index contributed by atoms with van der Waals surface area (Å²) in [5, 5.41) is 0. The molecule has 0 atom stereocenters. The second-order valence-corrected chi connectivity index (χ2v) is 5.53. The molecule has 0 saturated heterocycles. The van der Waals surface area contributed by atoms with Gasteiger partial charge in [0, 0.05) is 10.2 Å². The maximum Gasteiger partial charge on any atom is 0.340 e. The molecule has 0 aromatic heterocycles. The van der Waals surface area contributed by atoms with E-state index < -0.39 is 5.97 Å². The highest BCUT2D eigenvalue weighted by Crippen LogP contribution is 2.26. The summed E-state index contributed by atoms with van der Waals surface area (Å²) in [7, 11) is 1.33. The van der Waals surface area contributed by atoms with E-state index in [0.717, 1.165) is 15.6 Å². The number of nitrogen functional groups attached to an aromatic ring is 1. The number of esters is 1. The molecule has 5 heteroatoms. The van der Waals surface area contributed by atoms with Gasteiger partial charge >= 0.3 is 5.97 Å². The SMILES string of the molecule is COC(=O)c1cc(OCc2cccc(Br)c2)cc(C)c1N. The molecule has 0 spiro atoms. The van der Waals surface area contributed by atoms with Crippen LogP contribution in [0.1, 0.15) is 21.5 Å². The smallest absolute Gasteiger partial charge is 0.340 e. The summed E-state index contributed by atoms with van der Waals surface area (Å²) in [6.07, 6.45) is 0. The number of hydrogen-bond acceptors (Lipinski definition) is 4. The molecule has 0 aliphatic carbocycles. The zero-order valence-corrected chi connectivity index (χ0v) is 13.4. The number of anilines is 1. The van der Waals surface area contributed by atoms with Gasteiger partial charge in [0.1, 0.15) is 12.4 Å². The first-order valence-electron chi connectivity index (χ1n) is 6.37. The highest BCUT2D eigenvalue weighted by atomic mass is 79.9. The Kier molecular flexibility index (Phi) is 4.85. The van der Waals surface area contributed by atoms with Crippen molar-refractivity contribution in [3.05, 3.63) is 57.6 Å². The van der Waals surface area contributed by atoms with E-state index in [9.17, 15) is 4.79 Å². The summed E-state index contributed by atoms with van der Waals surface area (Å²) in [5.41, 5.74) is 8.43. The minimum atomic E-state index is -0.469. The fourth-order valence-electron chi connectivity index (χ4n) is 1.92. The van der Waals surface area contributed by atoms with Gasteiger partial charge in [-0.2, -0.15) is 0 Å². The third kappa shape index (κ3) is 3.76. The van der Waals surface area contributed by atoms with Crippen molar-refractivity contribution in [3.8, 4) is 5.75 Å². The van der Waals surface area contributed by atoms with Crippen molar-refractivity contribution in [2.75, 3.05) is 12.8 Å². The van der Waals surface area contributed by atoms with Crippen LogP contribution in [-0.2, 0) is 11.3 Å². The van der Waals surface area contributed by atoms with E-state index in [0.29, 0.717) is 23.6 Å². The first-order valence-corrected chi connectivity index (χ1v) is 7.16. The Balaban J connectivity index is 2.21. The topological polar surface area (TPSA) is 61.5 Å². The molecular weight excluding hydrogens is 334 g/mol. The van der Waals surface area contributed by atoms with Crippen molar-refractivity contribution in [3.63, 3.8) is 0 Å². The van der Waals surface area contributed by atoms with Crippen LogP contribution < -0.4 is 10.5 Å². The summed E-state index contributed by atoms with van der Waals surface area (Å²) in [4.78, 5) is 11.7. The van der Waals surface area contributed by atoms with Gasteiger partial charge in [-0.15, -0.1) is 0 Å². The molecule has 4 nitrogen and oxygen atoms in total. The van der Waals surface area contributed by atoms with E-state index in [1.807, 2.05) is 31.2 Å². The van der Waals surface area contributed by atoms with Crippen molar-refractivity contribution in [1.82, 2.24) is 0 Å². The molecule has 21 heavy (non-hydrogen) atoms. The van der Waals surface area contributed by atoms with Crippen LogP contribution in [0.25, 0.3) is 0 Å². The zero-order chi connectivity index (χ0) is 15.4. The first-order chi connectivity index (χ1) is 10.0. The third-order valence-electron chi connectivity index (χ3n) is 3.06. The Labute approximate surface area is 132 Å². The molecular formula is C16H16BrNO3. The van der Waals surface area contributed by atoms with E-state index in [1.165, 1.54) is 7.11 Å². The Morgan fingerprint density at radius 3 is 2.71 bits per heavy atom. The van der Waals surface area contributed by atoms with Gasteiger partial charge in [-0.3, -0.25) is 0 Å². The van der Waals surface area contributed by atoms with Crippen LogP contribution >= 0.6 is 15.9 Å². The van der Waals surface area contributed by atoms with Crippen LogP contribution in [0.15, 0.2) is 40.9 Å². The molecule has 0 amide bonds. The van der Waals surface area contributed by atoms with E-state index >= 15 is 0 Å². The number of carbonyl (C=O) groups excluding carboxylic acids is 1. The third-order valence-corrected chi connectivity index (χ3v) is 3.55. The number of methoxy groups -OCH3 is 1. The molecule has 0 bridgehead atoms. The minimum Gasteiger partial charge on any atom is -0.489 e. The Bertz CT molecular complexity index is 671. The van der Waals surface area contributed by atoms with Gasteiger partial charge in [-0.1, -0.05) is 28.1 Å². The molecule has 0 fully saturated rings. The standard InChI is InChI=1S/C16H16BrNO3/c1-10-6-13(8-14(15(10)18)16(19)20-2)21-9-11-4-3-5-12(17)7-11/h3-8H,9,18H2,1-2H3. The van der Waals surface area contributed by atoms with E-state index in [1.54, 1.807) is 12.1 Å². The summed E-state index contributed by atoms with van der Waals surface area (Å²) in [6.45, 7) is 2.23. The number of benzene rings is 2. The summed E-state index contributed by atoms with van der Waals surface area (Å²) in [6, 6.07) is 11.2. The summed E-state index contributed by atoms with van der Waals surface area (Å²) < 4.78 is 11.5. The molecule has 0 aliphatic heterocycles. The Hall–Kier alpha value is -2.01. The molecule has 2 aromatic carbocycles. The van der Waals surface area contributed by atoms with Crippen molar-refractivity contribution >= 4 is 27.6 Å². The molecule has 0 heterocycles. The second kappa shape index (κ2) is 6.63. The largest absolute Gasteiger partial charge is 0.489 e. The molecule has 110 valence electrons. The Morgan fingerprint density at radius 1 is 1.29 bits per heavy atom. The van der Waals surface area contributed by atoms with Crippen molar-refractivity contribution in [2.24, 2.45) is 0 Å². The Morgan fingerprint density at radius 2 is 2.05 bits per heavy atom. The lowest BCUT2D eigenvalue weighted by atomic mass is 10.1. The highest BCUT2D eigenvalue weighted by molar-refractivity contribution is 9.10. The van der Waals surface area contributed by atoms with E-state index in [2.05, 4.69) is 15.9 Å². The monoisotopic (exact) mass is 349 g/mol. The lowest BCUT2D eigenvalue weighted by Crippen LogP contribution is -2.08. The van der Waals surface area contributed by atoms with Crippen LogP contribution in [0.4, 0.5) is 5.69 Å². The van der Waals surface area contributed by atoms with Gasteiger partial charge in [0.25, 0.3) is 0 Å². The van der Waals surface area contributed by atoms with Crippen LogP contribution in [0.2, 0.25) is 0 Å². The van der Waals surface area contributed by atoms with Gasteiger partial charge in [0.05, 0.1) is 12.7 Å². The quantitative estimate of drug-likeness (QED) is 0.675. The molecule has 0 saturated carbocycles. The van der Waals surface area contributed by atoms with Gasteiger partial charge < -0.3 is 15.2 Å². The van der Waals surface area contributed by atoms with Crippen molar-refractivity contribution in [1.29, 1.82) is 0 Å². The summed E-state index contributed by atoms with van der Waals surface area (Å²) >= 11 is 3.42. The number of carbonyl (C=O) groups is 1. The van der Waals surface area contributed by atoms with E-state index in [4.69, 9.17) is 15.2 Å².